The van der Waals surface area contributed by atoms with Gasteiger partial charge in [0.15, 0.2) is 0 Å². The second-order valence-corrected chi connectivity index (χ2v) is 5.04. The summed E-state index contributed by atoms with van der Waals surface area (Å²) >= 11 is 0. The van der Waals surface area contributed by atoms with E-state index in [9.17, 15) is 22.8 Å². The molecule has 0 bridgehead atoms. The first kappa shape index (κ1) is 18.0. The molecule has 1 aromatic carbocycles. The maximum Gasteiger partial charge on any atom is 0.416 e. The van der Waals surface area contributed by atoms with Gasteiger partial charge in [-0.25, -0.2) is 0 Å². The first-order chi connectivity index (χ1) is 10.2. The molecule has 0 radical (unpaired) electrons. The number of benzene rings is 1. The number of halogens is 3. The first-order valence-electron chi connectivity index (χ1n) is 6.99. The minimum atomic E-state index is -4.40. The third-order valence-electron chi connectivity index (χ3n) is 3.17. The lowest BCUT2D eigenvalue weighted by Gasteiger charge is -2.15. The Bertz CT molecular complexity index is 513. The van der Waals surface area contributed by atoms with Gasteiger partial charge in [0.05, 0.1) is 12.0 Å². The molecule has 1 aromatic rings. The molecule has 0 saturated heterocycles. The number of nitrogens with one attached hydrogen (secondary N) is 1. The summed E-state index contributed by atoms with van der Waals surface area (Å²) in [7, 11) is 0. The summed E-state index contributed by atoms with van der Waals surface area (Å²) in [6, 6.07) is 3.58. The van der Waals surface area contributed by atoms with Gasteiger partial charge in [-0.15, -0.1) is 0 Å². The van der Waals surface area contributed by atoms with E-state index in [4.69, 9.17) is 5.73 Å². The fourth-order valence-corrected chi connectivity index (χ4v) is 1.94. The lowest BCUT2D eigenvalue weighted by atomic mass is 10.1. The molecule has 1 atom stereocenters. The van der Waals surface area contributed by atoms with Crippen LogP contribution in [0.15, 0.2) is 24.3 Å². The van der Waals surface area contributed by atoms with Crippen LogP contribution in [0.5, 0.6) is 0 Å². The van der Waals surface area contributed by atoms with Crippen molar-refractivity contribution in [2.45, 2.75) is 44.8 Å². The van der Waals surface area contributed by atoms with Crippen LogP contribution in [0.2, 0.25) is 0 Å². The van der Waals surface area contributed by atoms with E-state index in [1.807, 2.05) is 6.92 Å². The lowest BCUT2D eigenvalue weighted by Crippen LogP contribution is -2.44. The SMILES string of the molecule is CCCC[C@H](NC(=O)Cc1ccc(C(F)(F)F)cc1)C(N)=O. The predicted molar refractivity (Wildman–Crippen MR) is 75.8 cm³/mol. The highest BCUT2D eigenvalue weighted by molar-refractivity contribution is 5.87. The zero-order valence-corrected chi connectivity index (χ0v) is 12.2. The van der Waals surface area contributed by atoms with Crippen LogP contribution in [0.3, 0.4) is 0 Å². The Morgan fingerprint density at radius 2 is 1.82 bits per heavy atom. The van der Waals surface area contributed by atoms with E-state index in [1.165, 1.54) is 12.1 Å². The molecule has 122 valence electrons. The highest BCUT2D eigenvalue weighted by atomic mass is 19.4. The van der Waals surface area contributed by atoms with Gasteiger partial charge in [-0.2, -0.15) is 13.2 Å². The van der Waals surface area contributed by atoms with Gasteiger partial charge in [-0.1, -0.05) is 31.9 Å². The van der Waals surface area contributed by atoms with Crippen molar-refractivity contribution in [3.8, 4) is 0 Å². The van der Waals surface area contributed by atoms with Gasteiger partial charge in [-0.05, 0) is 24.1 Å². The van der Waals surface area contributed by atoms with Crippen LogP contribution in [-0.4, -0.2) is 17.9 Å². The Hall–Kier alpha value is -2.05. The van der Waals surface area contributed by atoms with Crippen molar-refractivity contribution in [1.29, 1.82) is 0 Å². The standard InChI is InChI=1S/C15H19F3N2O2/c1-2-3-4-12(14(19)22)20-13(21)9-10-5-7-11(8-6-10)15(16,17)18/h5-8,12H,2-4,9H2,1H3,(H2,19,22)(H,20,21)/t12-/m0/s1. The Morgan fingerprint density at radius 3 is 2.27 bits per heavy atom. The number of alkyl halides is 3. The third-order valence-corrected chi connectivity index (χ3v) is 3.17. The molecular weight excluding hydrogens is 297 g/mol. The van der Waals surface area contributed by atoms with Gasteiger partial charge in [0.25, 0.3) is 0 Å². The molecule has 4 nitrogen and oxygen atoms in total. The minimum Gasteiger partial charge on any atom is -0.368 e. The van der Waals surface area contributed by atoms with E-state index in [-0.39, 0.29) is 6.42 Å². The van der Waals surface area contributed by atoms with Crippen LogP contribution < -0.4 is 11.1 Å². The van der Waals surface area contributed by atoms with Crippen LogP contribution in [-0.2, 0) is 22.2 Å². The summed E-state index contributed by atoms with van der Waals surface area (Å²) in [5.41, 5.74) is 4.87. The van der Waals surface area contributed by atoms with E-state index in [1.54, 1.807) is 0 Å². The van der Waals surface area contributed by atoms with Crippen LogP contribution in [0.1, 0.15) is 37.3 Å². The number of unbranched alkanes of at least 4 members (excludes halogenated alkanes) is 1. The lowest BCUT2D eigenvalue weighted by molar-refractivity contribution is -0.137. The molecule has 1 rings (SSSR count). The predicted octanol–water partition coefficient (Wildman–Crippen LogP) is 2.41. The minimum absolute atomic E-state index is 0.103. The Labute approximate surface area is 126 Å². The topological polar surface area (TPSA) is 72.2 Å². The number of hydrogen-bond acceptors (Lipinski definition) is 2. The zero-order chi connectivity index (χ0) is 16.8. The summed E-state index contributed by atoms with van der Waals surface area (Å²) < 4.78 is 37.3. The zero-order valence-electron chi connectivity index (χ0n) is 12.2. The molecule has 3 N–H and O–H groups in total. The van der Waals surface area contributed by atoms with Crippen LogP contribution >= 0.6 is 0 Å². The smallest absolute Gasteiger partial charge is 0.368 e. The van der Waals surface area contributed by atoms with Gasteiger partial charge < -0.3 is 11.1 Å². The number of hydrogen-bond donors (Lipinski definition) is 2. The molecule has 0 unspecified atom stereocenters. The molecular formula is C15H19F3N2O2. The van der Waals surface area contributed by atoms with E-state index in [0.29, 0.717) is 12.0 Å². The van der Waals surface area contributed by atoms with Gasteiger partial charge in [0.1, 0.15) is 6.04 Å². The molecule has 0 fully saturated rings. The summed E-state index contributed by atoms with van der Waals surface area (Å²) in [6.07, 6.45) is -2.46. The summed E-state index contributed by atoms with van der Waals surface area (Å²) in [5.74, 6) is -1.06. The fraction of sp³-hybridized carbons (Fsp3) is 0.467. The third kappa shape index (κ3) is 5.75. The maximum absolute atomic E-state index is 12.4. The van der Waals surface area contributed by atoms with E-state index in [0.717, 1.165) is 25.0 Å². The van der Waals surface area contributed by atoms with Crippen molar-refractivity contribution in [1.82, 2.24) is 5.32 Å². The number of rotatable bonds is 7. The van der Waals surface area contributed by atoms with Crippen molar-refractivity contribution in [2.24, 2.45) is 5.73 Å². The number of primary amides is 1. The highest BCUT2D eigenvalue weighted by Gasteiger charge is 2.30. The van der Waals surface area contributed by atoms with E-state index < -0.39 is 29.6 Å². The molecule has 22 heavy (non-hydrogen) atoms. The number of amides is 2. The molecule has 0 spiro atoms. The molecule has 7 heteroatoms. The Kier molecular flexibility index (Phi) is 6.39. The monoisotopic (exact) mass is 316 g/mol. The molecule has 0 aliphatic heterocycles. The average Bonchev–Trinajstić information content (AvgIpc) is 2.42. The number of carbonyl (C=O) groups is 2. The van der Waals surface area contributed by atoms with Gasteiger partial charge >= 0.3 is 6.18 Å². The highest BCUT2D eigenvalue weighted by Crippen LogP contribution is 2.29. The van der Waals surface area contributed by atoms with Crippen molar-refractivity contribution in [2.75, 3.05) is 0 Å². The summed E-state index contributed by atoms with van der Waals surface area (Å²) in [5, 5.41) is 2.51. The van der Waals surface area contributed by atoms with Gasteiger partial charge in [0, 0.05) is 0 Å². The number of carbonyl (C=O) groups excluding carboxylic acids is 2. The maximum atomic E-state index is 12.4. The van der Waals surface area contributed by atoms with E-state index in [2.05, 4.69) is 5.32 Å². The van der Waals surface area contributed by atoms with Gasteiger partial charge in [-0.3, -0.25) is 9.59 Å². The molecule has 0 heterocycles. The van der Waals surface area contributed by atoms with Crippen LogP contribution in [0.25, 0.3) is 0 Å². The van der Waals surface area contributed by atoms with Gasteiger partial charge in [0.2, 0.25) is 11.8 Å². The summed E-state index contributed by atoms with van der Waals surface area (Å²) in [4.78, 5) is 23.1. The second-order valence-electron chi connectivity index (χ2n) is 5.04. The molecule has 2 amide bonds. The fourth-order valence-electron chi connectivity index (χ4n) is 1.94. The van der Waals surface area contributed by atoms with E-state index >= 15 is 0 Å². The molecule has 0 aliphatic rings. The van der Waals surface area contributed by atoms with Crippen molar-refractivity contribution >= 4 is 11.8 Å². The normalized spacial score (nSPS) is 12.7. The Morgan fingerprint density at radius 1 is 1.23 bits per heavy atom. The second kappa shape index (κ2) is 7.82. The van der Waals surface area contributed by atoms with Crippen molar-refractivity contribution in [3.63, 3.8) is 0 Å². The van der Waals surface area contributed by atoms with Crippen LogP contribution in [0, 0.1) is 0 Å². The first-order valence-corrected chi connectivity index (χ1v) is 6.99. The number of nitrogens with two attached hydrogens (primary N) is 1. The van der Waals surface area contributed by atoms with Crippen molar-refractivity contribution < 1.29 is 22.8 Å². The van der Waals surface area contributed by atoms with Crippen LogP contribution in [0.4, 0.5) is 13.2 Å². The van der Waals surface area contributed by atoms with Crippen molar-refractivity contribution in [3.05, 3.63) is 35.4 Å². The Balaban J connectivity index is 2.62. The molecule has 0 saturated carbocycles. The largest absolute Gasteiger partial charge is 0.416 e. The quantitative estimate of drug-likeness (QED) is 0.811. The molecule has 0 aliphatic carbocycles. The average molecular weight is 316 g/mol. The molecule has 0 aromatic heterocycles. The summed E-state index contributed by atoms with van der Waals surface area (Å²) in [6.45, 7) is 1.95.